The normalized spacial score (nSPS) is 10.3. The molecule has 0 aromatic carbocycles. The van der Waals surface area contributed by atoms with Crippen molar-refractivity contribution in [1.29, 1.82) is 0 Å². The van der Waals surface area contributed by atoms with Gasteiger partial charge in [-0.05, 0) is 0 Å². The van der Waals surface area contributed by atoms with Gasteiger partial charge in [0.2, 0.25) is 0 Å². The first-order valence-corrected chi connectivity index (χ1v) is 10.3. The molecular formula is C2H8O2PZn. The van der Waals surface area contributed by atoms with E-state index in [1.165, 1.54) is 0 Å². The molecule has 0 aliphatic rings. The summed E-state index contributed by atoms with van der Waals surface area (Å²) >= 11 is -1.48. The van der Waals surface area contributed by atoms with Gasteiger partial charge in [-0.15, -0.1) is 0 Å². The maximum absolute atomic E-state index is 9.65. The van der Waals surface area contributed by atoms with Crippen molar-refractivity contribution in [3.05, 3.63) is 0 Å². The van der Waals surface area contributed by atoms with Crippen LogP contribution in [0.2, 0.25) is 11.0 Å². The van der Waals surface area contributed by atoms with E-state index >= 15 is 0 Å². The van der Waals surface area contributed by atoms with Gasteiger partial charge in [0.05, 0.1) is 0 Å². The first kappa shape index (κ1) is 6.81. The van der Waals surface area contributed by atoms with Gasteiger partial charge < -0.3 is 0 Å². The second-order valence-electron chi connectivity index (χ2n) is 1.55. The van der Waals surface area contributed by atoms with Crippen LogP contribution in [0.25, 0.3) is 0 Å². The van der Waals surface area contributed by atoms with Crippen molar-refractivity contribution in [2.24, 2.45) is 0 Å². The van der Waals surface area contributed by atoms with Crippen molar-refractivity contribution in [2.45, 2.75) is 11.0 Å². The molecule has 0 aromatic rings. The predicted octanol–water partition coefficient (Wildman–Crippen LogP) is 1.30. The van der Waals surface area contributed by atoms with Crippen LogP contribution >= 0.6 is 8.69 Å². The van der Waals surface area contributed by atoms with Gasteiger partial charge in [-0.2, -0.15) is 0 Å². The molecule has 0 rings (SSSR count). The third kappa shape index (κ3) is 4.81. The standard InChI is InChI=1S/2CH3.H3O2P.Zn/c;;1-3-2;/h2*1H3;3H2,(H,1,2);/q;;;+1/p-1. The molecule has 6 heavy (non-hydrogen) atoms. The molecule has 0 amide bonds. The molecule has 0 aliphatic carbocycles. The minimum absolute atomic E-state index is 0.905. The fraction of sp³-hybridized carbons (Fsp3) is 1.00. The van der Waals surface area contributed by atoms with Crippen molar-refractivity contribution < 1.29 is 24.2 Å². The average molecular weight is 160 g/mol. The van der Waals surface area contributed by atoms with Gasteiger partial charge in [-0.1, -0.05) is 0 Å². The zero-order valence-corrected chi connectivity index (χ0v) is 8.22. The molecule has 0 radical (unpaired) electrons. The fourth-order valence-electron chi connectivity index (χ4n) is 0.136. The number of rotatable bonds is 2. The first-order valence-electron chi connectivity index (χ1n) is 2.17. The second-order valence-corrected chi connectivity index (χ2v) is 9.56. The molecule has 1 atom stereocenters. The monoisotopic (exact) mass is 159 g/mol. The van der Waals surface area contributed by atoms with Crippen molar-refractivity contribution in [3.63, 3.8) is 0 Å². The van der Waals surface area contributed by atoms with E-state index in [0.717, 1.165) is 0 Å². The van der Waals surface area contributed by atoms with Crippen LogP contribution in [0.4, 0.5) is 0 Å². The van der Waals surface area contributed by atoms with Crippen LogP contribution in [0.1, 0.15) is 0 Å². The fourth-order valence-corrected chi connectivity index (χ4v) is 2.12. The van der Waals surface area contributed by atoms with Crippen molar-refractivity contribution >= 4 is 8.69 Å². The van der Waals surface area contributed by atoms with Gasteiger partial charge in [0.1, 0.15) is 0 Å². The van der Waals surface area contributed by atoms with E-state index < -0.39 is 25.0 Å². The molecule has 0 spiro atoms. The van der Waals surface area contributed by atoms with Crippen molar-refractivity contribution in [2.75, 3.05) is 0 Å². The summed E-state index contributed by atoms with van der Waals surface area (Å²) in [6.45, 7) is 0. The third-order valence-corrected chi connectivity index (χ3v) is 6.26. The third-order valence-electron chi connectivity index (χ3n) is 0.401. The molecule has 0 heterocycles. The second kappa shape index (κ2) is 3.99. The zero-order chi connectivity index (χ0) is 4.99. The summed E-state index contributed by atoms with van der Waals surface area (Å²) in [5.74, 6) is 0. The quantitative estimate of drug-likeness (QED) is 0.450. The van der Waals surface area contributed by atoms with Crippen LogP contribution in [0.5, 0.6) is 0 Å². The topological polar surface area (TPSA) is 26.3 Å². The molecular weight excluding hydrogens is 152 g/mol. The Bertz CT molecular complexity index is 46.8. The SMILES string of the molecule is [CH3][Zn]([CH3])[O][PH2]=O. The van der Waals surface area contributed by atoms with E-state index in [-0.39, 0.29) is 0 Å². The van der Waals surface area contributed by atoms with E-state index in [9.17, 15) is 4.57 Å². The average Bonchev–Trinajstić information content (AvgIpc) is 1.35. The molecule has 2 nitrogen and oxygen atoms in total. The molecule has 0 aromatic heterocycles. The molecule has 0 aliphatic heterocycles. The van der Waals surface area contributed by atoms with Gasteiger partial charge in [0.15, 0.2) is 0 Å². The summed E-state index contributed by atoms with van der Waals surface area (Å²) in [5.41, 5.74) is 4.12. The summed E-state index contributed by atoms with van der Waals surface area (Å²) in [6.07, 6.45) is 0. The van der Waals surface area contributed by atoms with Gasteiger partial charge in [-0.3, -0.25) is 0 Å². The van der Waals surface area contributed by atoms with E-state index in [1.807, 2.05) is 0 Å². The Hall–Kier alpha value is 0.813. The van der Waals surface area contributed by atoms with E-state index in [2.05, 4.69) is 11.0 Å². The summed E-state index contributed by atoms with van der Waals surface area (Å²) in [7, 11) is -0.905. The Morgan fingerprint density at radius 3 is 2.17 bits per heavy atom. The molecule has 0 N–H and O–H groups in total. The Kier molecular flexibility index (Phi) is 4.53. The summed E-state index contributed by atoms with van der Waals surface area (Å²) in [4.78, 5) is 0. The van der Waals surface area contributed by atoms with Crippen LogP contribution in [-0.2, 0) is 24.2 Å². The first-order chi connectivity index (χ1) is 2.77. The van der Waals surface area contributed by atoms with E-state index in [1.54, 1.807) is 0 Å². The van der Waals surface area contributed by atoms with E-state index in [4.69, 9.17) is 3.35 Å². The minimum atomic E-state index is -1.48. The van der Waals surface area contributed by atoms with Gasteiger partial charge >= 0.3 is 43.9 Å². The Morgan fingerprint density at radius 1 is 1.67 bits per heavy atom. The molecule has 0 bridgehead atoms. The van der Waals surface area contributed by atoms with Gasteiger partial charge in [0.25, 0.3) is 0 Å². The van der Waals surface area contributed by atoms with Crippen LogP contribution in [0.15, 0.2) is 0 Å². The maximum atomic E-state index is 9.65. The van der Waals surface area contributed by atoms with Gasteiger partial charge in [0, 0.05) is 0 Å². The zero-order valence-electron chi connectivity index (χ0n) is 4.10. The van der Waals surface area contributed by atoms with Crippen LogP contribution in [0, 0.1) is 0 Å². The molecule has 1 unspecified atom stereocenters. The summed E-state index contributed by atoms with van der Waals surface area (Å²) in [6, 6.07) is 0. The predicted molar refractivity (Wildman–Crippen MR) is 23.2 cm³/mol. The molecule has 0 saturated heterocycles. The Balaban J connectivity index is 2.81. The number of hydrogen-bond donors (Lipinski definition) is 0. The molecule has 4 heteroatoms. The van der Waals surface area contributed by atoms with Crippen LogP contribution in [-0.4, -0.2) is 0 Å². The summed E-state index contributed by atoms with van der Waals surface area (Å²) < 4.78 is 14.4. The molecule has 0 saturated carbocycles. The Labute approximate surface area is 44.5 Å². The Morgan fingerprint density at radius 2 is 2.17 bits per heavy atom. The van der Waals surface area contributed by atoms with E-state index in [0.29, 0.717) is 0 Å². The van der Waals surface area contributed by atoms with Crippen molar-refractivity contribution in [3.8, 4) is 0 Å². The molecule has 35 valence electrons. The van der Waals surface area contributed by atoms with Crippen LogP contribution in [0.3, 0.4) is 0 Å². The summed E-state index contributed by atoms with van der Waals surface area (Å²) in [5, 5.41) is 0. The number of hydrogen-bond acceptors (Lipinski definition) is 2. The van der Waals surface area contributed by atoms with Crippen molar-refractivity contribution in [1.82, 2.24) is 0 Å². The molecule has 0 fully saturated rings. The van der Waals surface area contributed by atoms with Crippen LogP contribution < -0.4 is 0 Å². The van der Waals surface area contributed by atoms with Gasteiger partial charge in [-0.25, -0.2) is 0 Å².